The molecule has 0 radical (unpaired) electrons. The van der Waals surface area contributed by atoms with E-state index in [1.165, 1.54) is 35.3 Å². The molecule has 3 aromatic rings. The molecule has 1 saturated heterocycles. The SMILES string of the molecule is CS(=O)(=O)[C@H]1C[C@H](Nc2nc(N3C[C@H](O)[C@@H](F)C3)c3cnn(-c4cccc(OC(F)F)c4)c3n2)C1. The first kappa shape index (κ1) is 23.6. The second-order valence-electron chi connectivity index (χ2n) is 8.79. The normalized spacial score (nSPS) is 24.7. The van der Waals surface area contributed by atoms with E-state index in [1.54, 1.807) is 11.0 Å². The number of aromatic nitrogens is 4. The first-order valence-electron chi connectivity index (χ1n) is 10.9. The molecule has 2 aromatic heterocycles. The first-order valence-corrected chi connectivity index (χ1v) is 12.9. The minimum Gasteiger partial charge on any atom is -0.435 e. The Hall–Kier alpha value is -3.13. The summed E-state index contributed by atoms with van der Waals surface area (Å²) in [5.74, 6) is 0.475. The van der Waals surface area contributed by atoms with Gasteiger partial charge in [-0.2, -0.15) is 23.8 Å². The van der Waals surface area contributed by atoms with E-state index >= 15 is 0 Å². The van der Waals surface area contributed by atoms with Gasteiger partial charge in [-0.05, 0) is 25.0 Å². The largest absolute Gasteiger partial charge is 0.435 e. The highest BCUT2D eigenvalue weighted by Gasteiger charge is 2.37. The Labute approximate surface area is 198 Å². The quantitative estimate of drug-likeness (QED) is 0.489. The van der Waals surface area contributed by atoms with E-state index in [0.29, 0.717) is 35.4 Å². The van der Waals surface area contributed by atoms with Gasteiger partial charge in [-0.15, -0.1) is 0 Å². The van der Waals surface area contributed by atoms with E-state index in [2.05, 4.69) is 25.1 Å². The summed E-state index contributed by atoms with van der Waals surface area (Å²) in [6, 6.07) is 5.77. The van der Waals surface area contributed by atoms with Crippen molar-refractivity contribution < 1.29 is 31.4 Å². The Balaban J connectivity index is 1.53. The van der Waals surface area contributed by atoms with Crippen LogP contribution in [0.5, 0.6) is 5.75 Å². The van der Waals surface area contributed by atoms with E-state index < -0.39 is 34.0 Å². The Morgan fingerprint density at radius 2 is 2.00 bits per heavy atom. The Morgan fingerprint density at radius 1 is 1.23 bits per heavy atom. The van der Waals surface area contributed by atoms with Crippen molar-refractivity contribution in [1.82, 2.24) is 19.7 Å². The lowest BCUT2D eigenvalue weighted by molar-refractivity contribution is -0.0498. The number of benzene rings is 1. The van der Waals surface area contributed by atoms with Crippen LogP contribution < -0.4 is 15.0 Å². The highest BCUT2D eigenvalue weighted by atomic mass is 32.2. The Kier molecular flexibility index (Phi) is 5.95. The summed E-state index contributed by atoms with van der Waals surface area (Å²) < 4.78 is 68.9. The molecule has 14 heteroatoms. The van der Waals surface area contributed by atoms with Gasteiger partial charge >= 0.3 is 6.61 Å². The van der Waals surface area contributed by atoms with Crippen molar-refractivity contribution in [2.75, 3.05) is 29.6 Å². The lowest BCUT2D eigenvalue weighted by Gasteiger charge is -2.34. The van der Waals surface area contributed by atoms with Gasteiger partial charge in [0.15, 0.2) is 5.65 Å². The summed E-state index contributed by atoms with van der Waals surface area (Å²) in [6.07, 6.45) is 0.864. The number of β-amino-alcohol motifs (C(OH)–C–C–N with tert-alkyl or cyclic N) is 1. The molecule has 2 N–H and O–H groups in total. The number of fused-ring (bicyclic) bond motifs is 1. The van der Waals surface area contributed by atoms with Crippen molar-refractivity contribution in [2.45, 2.75) is 43.0 Å². The van der Waals surface area contributed by atoms with Crippen LogP contribution in [-0.4, -0.2) is 82.8 Å². The van der Waals surface area contributed by atoms with Gasteiger partial charge in [0.05, 0.1) is 29.1 Å². The van der Waals surface area contributed by atoms with Crippen LogP contribution in [0.3, 0.4) is 0 Å². The number of ether oxygens (including phenoxy) is 1. The topological polar surface area (TPSA) is 122 Å². The molecule has 1 saturated carbocycles. The molecule has 10 nitrogen and oxygen atoms in total. The maximum Gasteiger partial charge on any atom is 0.387 e. The minimum atomic E-state index is -3.14. The molecule has 0 bridgehead atoms. The van der Waals surface area contributed by atoms with Crippen LogP contribution in [0.25, 0.3) is 16.7 Å². The number of alkyl halides is 3. The Morgan fingerprint density at radius 3 is 2.66 bits per heavy atom. The van der Waals surface area contributed by atoms with Gasteiger partial charge in [0, 0.05) is 24.9 Å². The van der Waals surface area contributed by atoms with Crippen molar-refractivity contribution in [3.63, 3.8) is 0 Å². The fourth-order valence-electron chi connectivity index (χ4n) is 4.31. The van der Waals surface area contributed by atoms with Gasteiger partial charge in [0.25, 0.3) is 0 Å². The van der Waals surface area contributed by atoms with Crippen molar-refractivity contribution in [1.29, 1.82) is 0 Å². The van der Waals surface area contributed by atoms with E-state index in [9.17, 15) is 26.7 Å². The monoisotopic (exact) mass is 512 g/mol. The average Bonchev–Trinajstić information content (AvgIpc) is 3.32. The smallest absolute Gasteiger partial charge is 0.387 e. The molecule has 2 aliphatic rings. The second-order valence-corrected chi connectivity index (χ2v) is 11.1. The number of aliphatic hydroxyl groups is 1. The Bertz CT molecular complexity index is 1340. The number of anilines is 2. The molecule has 2 atom stereocenters. The van der Waals surface area contributed by atoms with Gasteiger partial charge in [-0.25, -0.2) is 17.5 Å². The summed E-state index contributed by atoms with van der Waals surface area (Å²) in [4.78, 5) is 10.7. The van der Waals surface area contributed by atoms with Crippen molar-refractivity contribution in [3.8, 4) is 11.4 Å². The molecule has 1 aromatic carbocycles. The van der Waals surface area contributed by atoms with Crippen LogP contribution in [0.15, 0.2) is 30.5 Å². The van der Waals surface area contributed by atoms with Gasteiger partial charge in [0.1, 0.15) is 33.7 Å². The minimum absolute atomic E-state index is 0.0230. The molecule has 5 rings (SSSR count). The van der Waals surface area contributed by atoms with Crippen molar-refractivity contribution >= 4 is 32.6 Å². The maximum absolute atomic E-state index is 14.1. The van der Waals surface area contributed by atoms with E-state index in [4.69, 9.17) is 0 Å². The fourth-order valence-corrected chi connectivity index (χ4v) is 5.48. The standard InChI is InChI=1S/C21H23F3N6O4S/c1-35(32,33)14-5-11(6-14)26-21-27-18(29-9-16(22)17(31)10-29)15-8-25-30(19(15)28-21)12-3-2-4-13(7-12)34-20(23)24/h2-4,7-8,11,14,16-17,20,31H,5-6,9-10H2,1H3,(H,26,27,28)/t11-,14-,16-,17-/m0/s1. The molecule has 0 unspecified atom stereocenters. The fraction of sp³-hybridized carbons (Fsp3) is 0.476. The molecule has 3 heterocycles. The molecule has 0 spiro atoms. The number of halogens is 3. The molecule has 35 heavy (non-hydrogen) atoms. The zero-order valence-corrected chi connectivity index (χ0v) is 19.4. The zero-order chi connectivity index (χ0) is 24.9. The van der Waals surface area contributed by atoms with Crippen molar-refractivity contribution in [3.05, 3.63) is 30.5 Å². The third kappa shape index (κ3) is 4.72. The lowest BCUT2D eigenvalue weighted by atomic mass is 9.92. The predicted molar refractivity (Wildman–Crippen MR) is 122 cm³/mol. The lowest BCUT2D eigenvalue weighted by Crippen LogP contribution is -2.43. The van der Waals surface area contributed by atoms with Gasteiger partial charge in [0.2, 0.25) is 5.95 Å². The van der Waals surface area contributed by atoms with Crippen LogP contribution in [-0.2, 0) is 9.84 Å². The summed E-state index contributed by atoms with van der Waals surface area (Å²) in [5, 5.41) is 17.4. The number of nitrogens with zero attached hydrogens (tertiary/aromatic N) is 5. The number of nitrogens with one attached hydrogen (secondary N) is 1. The number of sulfone groups is 1. The second kappa shape index (κ2) is 8.82. The first-order chi connectivity index (χ1) is 16.6. The summed E-state index contributed by atoms with van der Waals surface area (Å²) in [6.45, 7) is -3.04. The van der Waals surface area contributed by atoms with Gasteiger partial charge in [-0.1, -0.05) is 6.07 Å². The van der Waals surface area contributed by atoms with Crippen LogP contribution in [0.2, 0.25) is 0 Å². The van der Waals surface area contributed by atoms with Crippen LogP contribution in [0, 0.1) is 0 Å². The average molecular weight is 513 g/mol. The number of hydrogen-bond donors (Lipinski definition) is 2. The summed E-state index contributed by atoms with van der Waals surface area (Å²) >= 11 is 0. The molecule has 0 amide bonds. The molecule has 2 fully saturated rings. The highest BCUT2D eigenvalue weighted by molar-refractivity contribution is 7.91. The van der Waals surface area contributed by atoms with Gasteiger partial charge in [-0.3, -0.25) is 0 Å². The van der Waals surface area contributed by atoms with Gasteiger partial charge < -0.3 is 20.1 Å². The summed E-state index contributed by atoms with van der Waals surface area (Å²) in [5.41, 5.74) is 0.724. The number of aliphatic hydroxyl groups excluding tert-OH is 1. The zero-order valence-electron chi connectivity index (χ0n) is 18.6. The van der Waals surface area contributed by atoms with Crippen LogP contribution >= 0.6 is 0 Å². The highest BCUT2D eigenvalue weighted by Crippen LogP contribution is 2.33. The molecule has 1 aliphatic heterocycles. The summed E-state index contributed by atoms with van der Waals surface area (Å²) in [7, 11) is -3.14. The number of rotatable bonds is 7. The molecular formula is C21H23F3N6O4S. The third-order valence-electron chi connectivity index (χ3n) is 6.25. The van der Waals surface area contributed by atoms with Crippen molar-refractivity contribution in [2.24, 2.45) is 0 Å². The van der Waals surface area contributed by atoms with E-state index in [-0.39, 0.29) is 30.8 Å². The maximum atomic E-state index is 14.1. The predicted octanol–water partition coefficient (Wildman–Crippen LogP) is 1.92. The molecule has 1 aliphatic carbocycles. The number of hydrogen-bond acceptors (Lipinski definition) is 9. The van der Waals surface area contributed by atoms with Crippen LogP contribution in [0.1, 0.15) is 12.8 Å². The third-order valence-corrected chi connectivity index (χ3v) is 7.84. The van der Waals surface area contributed by atoms with E-state index in [0.717, 1.165) is 0 Å². The van der Waals surface area contributed by atoms with E-state index in [1.807, 2.05) is 0 Å². The molecular weight excluding hydrogens is 489 g/mol. The van der Waals surface area contributed by atoms with Crippen LogP contribution in [0.4, 0.5) is 24.9 Å². The molecule has 188 valence electrons.